The number of hydrogen-bond donors (Lipinski definition) is 1. The molecule has 110 valence electrons. The van der Waals surface area contributed by atoms with E-state index in [9.17, 15) is 14.7 Å². The molecule has 0 spiro atoms. The van der Waals surface area contributed by atoms with Crippen LogP contribution in [0.4, 0.5) is 0 Å². The maximum absolute atomic E-state index is 11.0. The molecule has 1 fully saturated rings. The molecule has 0 aliphatic heterocycles. The number of Topliss-reactive ketones (excluding diaryl/α,β-unsaturated/α-hetero) is 1. The summed E-state index contributed by atoms with van der Waals surface area (Å²) in [6, 6.07) is 5.37. The van der Waals surface area contributed by atoms with Crippen LogP contribution in [0.1, 0.15) is 55.5 Å². The van der Waals surface area contributed by atoms with Crippen LogP contribution in [-0.4, -0.2) is 24.0 Å². The van der Waals surface area contributed by atoms with E-state index in [1.807, 2.05) is 6.07 Å². The molecular formula is C16H22O4. The van der Waals surface area contributed by atoms with Gasteiger partial charge in [0.25, 0.3) is 0 Å². The van der Waals surface area contributed by atoms with Gasteiger partial charge in [-0.1, -0.05) is 19.9 Å². The Morgan fingerprint density at radius 3 is 2.20 bits per heavy atom. The largest absolute Gasteiger partial charge is 0.507 e. The minimum atomic E-state index is -0.153. The van der Waals surface area contributed by atoms with Gasteiger partial charge in [-0.15, -0.1) is 0 Å². The molecule has 4 nitrogen and oxygen atoms in total. The smallest absolute Gasteiger partial charge is 0.308 e. The first kappa shape index (κ1) is 16.2. The van der Waals surface area contributed by atoms with Crippen molar-refractivity contribution >= 4 is 11.8 Å². The molecule has 0 unspecified atom stereocenters. The standard InChI is InChI=1S/C11H12O2.C5H10O2/c1-7(12)10-5-4-9(6-11(10)13)8-2-3-8;1-4(2)5(6)7-3/h4-6,8,13H,2-3H2,1H3;4H,1-3H3. The van der Waals surface area contributed by atoms with E-state index in [1.54, 1.807) is 26.0 Å². The van der Waals surface area contributed by atoms with Crippen LogP contribution >= 0.6 is 0 Å². The van der Waals surface area contributed by atoms with E-state index >= 15 is 0 Å². The van der Waals surface area contributed by atoms with Gasteiger partial charge in [-0.25, -0.2) is 0 Å². The molecule has 1 N–H and O–H groups in total. The summed E-state index contributed by atoms with van der Waals surface area (Å²) in [6.45, 7) is 5.06. The maximum atomic E-state index is 11.0. The first-order chi connectivity index (χ1) is 9.36. The molecule has 0 radical (unpaired) electrons. The molecule has 0 heterocycles. The van der Waals surface area contributed by atoms with Crippen molar-refractivity contribution < 1.29 is 19.4 Å². The Hall–Kier alpha value is -1.84. The van der Waals surface area contributed by atoms with Crippen LogP contribution in [0.15, 0.2) is 18.2 Å². The number of methoxy groups -OCH3 is 1. The van der Waals surface area contributed by atoms with Gasteiger partial charge in [-0.3, -0.25) is 9.59 Å². The zero-order valence-electron chi connectivity index (χ0n) is 12.5. The Morgan fingerprint density at radius 1 is 1.30 bits per heavy atom. The minimum absolute atomic E-state index is 0.00463. The molecule has 20 heavy (non-hydrogen) atoms. The van der Waals surface area contributed by atoms with Crippen molar-refractivity contribution in [1.82, 2.24) is 0 Å². The zero-order valence-corrected chi connectivity index (χ0v) is 12.5. The molecule has 1 saturated carbocycles. The second-order valence-corrected chi connectivity index (χ2v) is 5.28. The molecule has 0 bridgehead atoms. The van der Waals surface area contributed by atoms with E-state index in [0.717, 1.165) is 5.56 Å². The van der Waals surface area contributed by atoms with E-state index in [-0.39, 0.29) is 23.4 Å². The zero-order chi connectivity index (χ0) is 15.3. The van der Waals surface area contributed by atoms with Crippen molar-refractivity contribution in [3.63, 3.8) is 0 Å². The van der Waals surface area contributed by atoms with Gasteiger partial charge in [0.2, 0.25) is 0 Å². The first-order valence-corrected chi connectivity index (χ1v) is 6.78. The number of ketones is 1. The van der Waals surface area contributed by atoms with Crippen molar-refractivity contribution in [1.29, 1.82) is 0 Å². The number of rotatable bonds is 3. The molecular weight excluding hydrogens is 256 g/mol. The number of benzene rings is 1. The van der Waals surface area contributed by atoms with Gasteiger partial charge >= 0.3 is 5.97 Å². The molecule has 1 aliphatic carbocycles. The highest BCUT2D eigenvalue weighted by Gasteiger charge is 2.24. The van der Waals surface area contributed by atoms with Crippen LogP contribution in [0.2, 0.25) is 0 Å². The van der Waals surface area contributed by atoms with Gasteiger partial charge in [0.15, 0.2) is 5.78 Å². The quantitative estimate of drug-likeness (QED) is 0.680. The molecule has 1 aliphatic rings. The number of phenolic OH excluding ortho intramolecular Hbond substituents is 1. The summed E-state index contributed by atoms with van der Waals surface area (Å²) in [4.78, 5) is 21.3. The summed E-state index contributed by atoms with van der Waals surface area (Å²) in [7, 11) is 1.39. The number of ether oxygens (including phenoxy) is 1. The van der Waals surface area contributed by atoms with Gasteiger partial charge in [0.05, 0.1) is 18.6 Å². The van der Waals surface area contributed by atoms with E-state index in [4.69, 9.17) is 0 Å². The Bertz CT molecular complexity index is 487. The van der Waals surface area contributed by atoms with E-state index in [1.165, 1.54) is 26.9 Å². The average Bonchev–Trinajstić information content (AvgIpc) is 3.22. The Labute approximate surface area is 119 Å². The number of phenols is 1. The third-order valence-electron chi connectivity index (χ3n) is 3.12. The molecule has 0 atom stereocenters. The van der Waals surface area contributed by atoms with Crippen LogP contribution in [0.5, 0.6) is 5.75 Å². The van der Waals surface area contributed by atoms with Gasteiger partial charge in [-0.2, -0.15) is 0 Å². The highest BCUT2D eigenvalue weighted by atomic mass is 16.5. The third-order valence-corrected chi connectivity index (χ3v) is 3.12. The minimum Gasteiger partial charge on any atom is -0.507 e. The van der Waals surface area contributed by atoms with Gasteiger partial charge < -0.3 is 9.84 Å². The molecule has 0 aromatic heterocycles. The summed E-state index contributed by atoms with van der Waals surface area (Å²) in [5.41, 5.74) is 1.58. The van der Waals surface area contributed by atoms with E-state index < -0.39 is 0 Å². The molecule has 0 saturated heterocycles. The van der Waals surface area contributed by atoms with Crippen molar-refractivity contribution in [2.24, 2.45) is 5.92 Å². The van der Waals surface area contributed by atoms with Crippen molar-refractivity contribution in [2.45, 2.75) is 39.5 Å². The third kappa shape index (κ3) is 4.68. The first-order valence-electron chi connectivity index (χ1n) is 6.78. The molecule has 2 rings (SSSR count). The second-order valence-electron chi connectivity index (χ2n) is 5.28. The fraction of sp³-hybridized carbons (Fsp3) is 0.500. The predicted octanol–water partition coefficient (Wildman–Crippen LogP) is 3.29. The Kier molecular flexibility index (Phi) is 5.74. The highest BCUT2D eigenvalue weighted by Crippen LogP contribution is 2.41. The Balaban J connectivity index is 0.000000246. The number of esters is 1. The number of aromatic hydroxyl groups is 1. The summed E-state index contributed by atoms with van der Waals surface area (Å²) in [5.74, 6) is 0.508. The number of hydrogen-bond acceptors (Lipinski definition) is 4. The lowest BCUT2D eigenvalue weighted by atomic mass is 10.0. The predicted molar refractivity (Wildman–Crippen MR) is 76.9 cm³/mol. The van der Waals surface area contributed by atoms with E-state index in [2.05, 4.69) is 4.74 Å². The topological polar surface area (TPSA) is 63.6 Å². The SMILES string of the molecule is CC(=O)c1ccc(C2CC2)cc1O.COC(=O)C(C)C. The molecule has 4 heteroatoms. The van der Waals surface area contributed by atoms with Crippen LogP contribution in [-0.2, 0) is 9.53 Å². The van der Waals surface area contributed by atoms with Gasteiger partial charge in [0.1, 0.15) is 5.75 Å². The molecule has 1 aromatic rings. The fourth-order valence-corrected chi connectivity index (χ4v) is 1.75. The molecule has 0 amide bonds. The van der Waals surface area contributed by atoms with Crippen LogP contribution in [0.25, 0.3) is 0 Å². The normalized spacial score (nSPS) is 13.4. The summed E-state index contributed by atoms with van der Waals surface area (Å²) < 4.78 is 4.37. The lowest BCUT2D eigenvalue weighted by molar-refractivity contribution is -0.144. The molecule has 1 aromatic carbocycles. The van der Waals surface area contributed by atoms with Crippen LogP contribution in [0.3, 0.4) is 0 Å². The summed E-state index contributed by atoms with van der Waals surface area (Å²) in [5, 5.41) is 9.52. The summed E-state index contributed by atoms with van der Waals surface area (Å²) in [6.07, 6.45) is 2.41. The van der Waals surface area contributed by atoms with Crippen LogP contribution in [0, 0.1) is 5.92 Å². The van der Waals surface area contributed by atoms with Crippen LogP contribution < -0.4 is 0 Å². The van der Waals surface area contributed by atoms with Crippen molar-refractivity contribution in [3.05, 3.63) is 29.3 Å². The van der Waals surface area contributed by atoms with Gasteiger partial charge in [-0.05, 0) is 43.4 Å². The lowest BCUT2D eigenvalue weighted by Gasteiger charge is -2.03. The maximum Gasteiger partial charge on any atom is 0.308 e. The number of carbonyl (C=O) groups is 2. The van der Waals surface area contributed by atoms with E-state index in [0.29, 0.717) is 11.5 Å². The lowest BCUT2D eigenvalue weighted by Crippen LogP contribution is -2.07. The monoisotopic (exact) mass is 278 g/mol. The summed E-state index contributed by atoms with van der Waals surface area (Å²) >= 11 is 0. The average molecular weight is 278 g/mol. The fourth-order valence-electron chi connectivity index (χ4n) is 1.75. The van der Waals surface area contributed by atoms with Crippen molar-refractivity contribution in [2.75, 3.05) is 7.11 Å². The van der Waals surface area contributed by atoms with Crippen molar-refractivity contribution in [3.8, 4) is 5.75 Å². The second kappa shape index (κ2) is 7.08. The Morgan fingerprint density at radius 2 is 1.90 bits per heavy atom. The number of carbonyl (C=O) groups excluding carboxylic acids is 2. The highest BCUT2D eigenvalue weighted by molar-refractivity contribution is 5.96. The van der Waals surface area contributed by atoms with Gasteiger partial charge in [0, 0.05) is 0 Å².